The summed E-state index contributed by atoms with van der Waals surface area (Å²) in [4.78, 5) is 22.5. The highest BCUT2D eigenvalue weighted by atomic mass is 127. The van der Waals surface area contributed by atoms with Crippen LogP contribution in [0.5, 0.6) is 0 Å². The molecule has 92 valence electrons. The lowest BCUT2D eigenvalue weighted by molar-refractivity contribution is -0.145. The summed E-state index contributed by atoms with van der Waals surface area (Å²) in [7, 11) is 0. The number of carboxylic acids is 1. The van der Waals surface area contributed by atoms with Crippen LogP contribution in [-0.2, 0) is 16.0 Å². The number of amides is 1. The van der Waals surface area contributed by atoms with E-state index in [0.29, 0.717) is 0 Å². The van der Waals surface area contributed by atoms with Crippen molar-refractivity contribution >= 4 is 34.5 Å². The molecule has 17 heavy (non-hydrogen) atoms. The minimum Gasteiger partial charge on any atom is -0.480 e. The predicted molar refractivity (Wildman–Crippen MR) is 72.7 cm³/mol. The Hall–Kier alpha value is -1.11. The number of halogens is 1. The van der Waals surface area contributed by atoms with Crippen molar-refractivity contribution in [2.45, 2.75) is 25.8 Å². The van der Waals surface area contributed by atoms with Gasteiger partial charge in [-0.3, -0.25) is 4.79 Å². The van der Waals surface area contributed by atoms with Gasteiger partial charge in [0.1, 0.15) is 5.54 Å². The van der Waals surface area contributed by atoms with Crippen LogP contribution in [0.1, 0.15) is 19.4 Å². The Balaban J connectivity index is 2.65. The number of carbonyl (C=O) groups is 2. The summed E-state index contributed by atoms with van der Waals surface area (Å²) in [6.07, 6.45) is 0.188. The highest BCUT2D eigenvalue weighted by Gasteiger charge is 2.28. The minimum absolute atomic E-state index is 0.188. The van der Waals surface area contributed by atoms with Gasteiger partial charge in [-0.05, 0) is 54.1 Å². The molecule has 0 aliphatic carbocycles. The van der Waals surface area contributed by atoms with Crippen LogP contribution in [0.3, 0.4) is 0 Å². The first-order chi connectivity index (χ1) is 7.81. The summed E-state index contributed by atoms with van der Waals surface area (Å²) in [6.45, 7) is 2.92. The fourth-order valence-electron chi connectivity index (χ4n) is 1.28. The summed E-state index contributed by atoms with van der Waals surface area (Å²) in [6, 6.07) is 7.54. The van der Waals surface area contributed by atoms with Crippen molar-refractivity contribution < 1.29 is 14.7 Å². The zero-order valence-corrected chi connectivity index (χ0v) is 11.8. The first kappa shape index (κ1) is 14.0. The molecule has 0 saturated carbocycles. The average Bonchev–Trinajstić information content (AvgIpc) is 2.15. The number of rotatable bonds is 4. The molecule has 0 radical (unpaired) electrons. The molecule has 1 aromatic carbocycles. The maximum atomic E-state index is 11.7. The van der Waals surface area contributed by atoms with E-state index in [1.54, 1.807) is 0 Å². The molecule has 0 atom stereocenters. The highest BCUT2D eigenvalue weighted by Crippen LogP contribution is 2.09. The topological polar surface area (TPSA) is 66.4 Å². The van der Waals surface area contributed by atoms with Gasteiger partial charge in [-0.25, -0.2) is 4.79 Å². The van der Waals surface area contributed by atoms with E-state index < -0.39 is 11.5 Å². The SMILES string of the molecule is CC(C)(NC(=O)Cc1cccc(I)c1)C(=O)O. The third-order valence-corrected chi connectivity index (χ3v) is 2.91. The van der Waals surface area contributed by atoms with E-state index in [9.17, 15) is 9.59 Å². The number of nitrogens with one attached hydrogen (secondary N) is 1. The first-order valence-electron chi connectivity index (χ1n) is 5.10. The molecule has 0 heterocycles. The van der Waals surface area contributed by atoms with Gasteiger partial charge in [0, 0.05) is 3.57 Å². The van der Waals surface area contributed by atoms with Crippen LogP contribution in [0.2, 0.25) is 0 Å². The smallest absolute Gasteiger partial charge is 0.328 e. The minimum atomic E-state index is -1.24. The molecular weight excluding hydrogens is 333 g/mol. The second-order valence-corrected chi connectivity index (χ2v) is 5.53. The van der Waals surface area contributed by atoms with Crippen LogP contribution in [-0.4, -0.2) is 22.5 Å². The van der Waals surface area contributed by atoms with E-state index in [1.165, 1.54) is 13.8 Å². The molecule has 0 spiro atoms. The van der Waals surface area contributed by atoms with Gasteiger partial charge >= 0.3 is 5.97 Å². The molecule has 0 saturated heterocycles. The van der Waals surface area contributed by atoms with Crippen molar-refractivity contribution in [1.29, 1.82) is 0 Å². The quantitative estimate of drug-likeness (QED) is 0.817. The van der Waals surface area contributed by atoms with Gasteiger partial charge in [-0.1, -0.05) is 12.1 Å². The number of carbonyl (C=O) groups excluding carboxylic acids is 1. The second kappa shape index (κ2) is 5.48. The van der Waals surface area contributed by atoms with Gasteiger partial charge in [0.2, 0.25) is 5.91 Å². The summed E-state index contributed by atoms with van der Waals surface area (Å²) in [5.41, 5.74) is -0.366. The Bertz CT molecular complexity index is 443. The molecule has 0 aromatic heterocycles. The lowest BCUT2D eigenvalue weighted by Crippen LogP contribution is -2.50. The van der Waals surface area contributed by atoms with Crippen molar-refractivity contribution in [3.8, 4) is 0 Å². The van der Waals surface area contributed by atoms with Gasteiger partial charge in [-0.15, -0.1) is 0 Å². The van der Waals surface area contributed by atoms with Gasteiger partial charge in [0.25, 0.3) is 0 Å². The largest absolute Gasteiger partial charge is 0.480 e. The van der Waals surface area contributed by atoms with Crippen LogP contribution < -0.4 is 5.32 Å². The van der Waals surface area contributed by atoms with Crippen LogP contribution in [0.4, 0.5) is 0 Å². The molecule has 1 amide bonds. The maximum absolute atomic E-state index is 11.7. The molecule has 0 aliphatic rings. The van der Waals surface area contributed by atoms with Crippen LogP contribution in [0.15, 0.2) is 24.3 Å². The van der Waals surface area contributed by atoms with Crippen molar-refractivity contribution in [3.63, 3.8) is 0 Å². The Morgan fingerprint density at radius 3 is 2.59 bits per heavy atom. The average molecular weight is 347 g/mol. The zero-order chi connectivity index (χ0) is 13.1. The van der Waals surface area contributed by atoms with Crippen LogP contribution in [0.25, 0.3) is 0 Å². The Morgan fingerprint density at radius 1 is 1.41 bits per heavy atom. The standard InChI is InChI=1S/C12H14INO3/c1-12(2,11(16)17)14-10(15)7-8-4-3-5-9(13)6-8/h3-6H,7H2,1-2H3,(H,14,15)(H,16,17). The van der Waals surface area contributed by atoms with Gasteiger partial charge in [-0.2, -0.15) is 0 Å². The summed E-state index contributed by atoms with van der Waals surface area (Å²) >= 11 is 2.17. The number of benzene rings is 1. The van der Waals surface area contributed by atoms with Crippen LogP contribution >= 0.6 is 22.6 Å². The van der Waals surface area contributed by atoms with E-state index in [4.69, 9.17) is 5.11 Å². The Morgan fingerprint density at radius 2 is 2.06 bits per heavy atom. The number of carboxylic acid groups (broad SMARTS) is 1. The van der Waals surface area contributed by atoms with Gasteiger partial charge < -0.3 is 10.4 Å². The summed E-state index contributed by atoms with van der Waals surface area (Å²) in [5, 5.41) is 11.4. The van der Waals surface area contributed by atoms with Gasteiger partial charge in [0.15, 0.2) is 0 Å². The van der Waals surface area contributed by atoms with E-state index in [0.717, 1.165) is 9.13 Å². The third-order valence-electron chi connectivity index (χ3n) is 2.24. The van der Waals surface area contributed by atoms with Crippen LogP contribution in [0, 0.1) is 3.57 Å². The number of hydrogen-bond acceptors (Lipinski definition) is 2. The molecular formula is C12H14INO3. The van der Waals surface area contributed by atoms with Gasteiger partial charge in [0.05, 0.1) is 6.42 Å². The molecule has 0 fully saturated rings. The molecule has 1 aromatic rings. The van der Waals surface area contributed by atoms with E-state index in [2.05, 4.69) is 27.9 Å². The van der Waals surface area contributed by atoms with E-state index in [1.807, 2.05) is 24.3 Å². The third kappa shape index (κ3) is 4.33. The molecule has 0 bridgehead atoms. The monoisotopic (exact) mass is 347 g/mol. The second-order valence-electron chi connectivity index (χ2n) is 4.29. The fourth-order valence-corrected chi connectivity index (χ4v) is 1.89. The number of hydrogen-bond donors (Lipinski definition) is 2. The molecule has 5 heteroatoms. The lowest BCUT2D eigenvalue weighted by atomic mass is 10.1. The predicted octanol–water partition coefficient (Wildman–Crippen LogP) is 1.81. The lowest BCUT2D eigenvalue weighted by Gasteiger charge is -2.20. The normalized spacial score (nSPS) is 11.0. The number of aliphatic carboxylic acids is 1. The zero-order valence-electron chi connectivity index (χ0n) is 9.66. The van der Waals surface area contributed by atoms with E-state index >= 15 is 0 Å². The van der Waals surface area contributed by atoms with Crippen molar-refractivity contribution in [1.82, 2.24) is 5.32 Å². The first-order valence-corrected chi connectivity index (χ1v) is 6.18. The Kier molecular flexibility index (Phi) is 4.50. The van der Waals surface area contributed by atoms with Crippen molar-refractivity contribution in [2.75, 3.05) is 0 Å². The molecule has 0 aliphatic heterocycles. The Labute approximate surface area is 114 Å². The molecule has 4 nitrogen and oxygen atoms in total. The van der Waals surface area contributed by atoms with Crippen molar-refractivity contribution in [3.05, 3.63) is 33.4 Å². The molecule has 1 rings (SSSR count). The highest BCUT2D eigenvalue weighted by molar-refractivity contribution is 14.1. The van der Waals surface area contributed by atoms with Crippen molar-refractivity contribution in [2.24, 2.45) is 0 Å². The summed E-state index contributed by atoms with van der Waals surface area (Å²) in [5.74, 6) is -1.34. The fraction of sp³-hybridized carbons (Fsp3) is 0.333. The van der Waals surface area contributed by atoms with E-state index in [-0.39, 0.29) is 12.3 Å². The molecule has 0 unspecified atom stereocenters. The summed E-state index contributed by atoms with van der Waals surface area (Å²) < 4.78 is 1.05. The molecule has 2 N–H and O–H groups in total. The maximum Gasteiger partial charge on any atom is 0.328 e.